The molecule has 3 rings (SSSR count). The summed E-state index contributed by atoms with van der Waals surface area (Å²) in [7, 11) is 0. The van der Waals surface area contributed by atoms with Gasteiger partial charge in [-0.25, -0.2) is 4.79 Å². The van der Waals surface area contributed by atoms with Gasteiger partial charge in [0.25, 0.3) is 5.91 Å². The van der Waals surface area contributed by atoms with Gasteiger partial charge in [0.1, 0.15) is 6.33 Å². The molecule has 0 fully saturated rings. The molecule has 21 heavy (non-hydrogen) atoms. The van der Waals surface area contributed by atoms with E-state index in [1.807, 2.05) is 0 Å². The number of anilines is 1. The van der Waals surface area contributed by atoms with Crippen LogP contribution < -0.4 is 5.32 Å². The van der Waals surface area contributed by atoms with Crippen molar-refractivity contribution in [3.63, 3.8) is 0 Å². The summed E-state index contributed by atoms with van der Waals surface area (Å²) in [5.74, 6) is -1.38. The molecule has 0 aliphatic carbocycles. The highest BCUT2D eigenvalue weighted by Gasteiger charge is 2.09. The number of rotatable bonds is 3. The number of hydrogen-bond acceptors (Lipinski definition) is 4. The lowest BCUT2D eigenvalue weighted by molar-refractivity contribution is 0.0696. The van der Waals surface area contributed by atoms with Gasteiger partial charge < -0.3 is 10.4 Å². The Kier molecular flexibility index (Phi) is 3.07. The third-order valence-electron chi connectivity index (χ3n) is 2.92. The van der Waals surface area contributed by atoms with Crippen molar-refractivity contribution in [3.8, 4) is 0 Å². The van der Waals surface area contributed by atoms with Crippen molar-refractivity contribution in [3.05, 3.63) is 60.0 Å². The lowest BCUT2D eigenvalue weighted by Crippen LogP contribution is -2.13. The minimum atomic E-state index is -1.04. The van der Waals surface area contributed by atoms with Crippen molar-refractivity contribution >= 4 is 23.2 Å². The number of carbonyl (C=O) groups is 2. The highest BCUT2D eigenvalue weighted by molar-refractivity contribution is 6.04. The lowest BCUT2D eigenvalue weighted by Gasteiger charge is -2.06. The van der Waals surface area contributed by atoms with Gasteiger partial charge in [0, 0.05) is 11.9 Å². The standard InChI is InChI=1S/C14H10N4O3/c19-13(10-4-5-12-17-15-8-18(12)7-10)16-11-3-1-2-9(6-11)14(20)21/h1-8H,(H,16,19)(H,20,21). The number of aromatic carboxylic acids is 1. The molecule has 1 aromatic carbocycles. The number of carboxylic acids is 1. The molecule has 1 amide bonds. The molecule has 7 nitrogen and oxygen atoms in total. The van der Waals surface area contributed by atoms with Crippen LogP contribution in [-0.4, -0.2) is 31.6 Å². The Morgan fingerprint density at radius 3 is 2.81 bits per heavy atom. The van der Waals surface area contributed by atoms with E-state index in [1.165, 1.54) is 18.5 Å². The highest BCUT2D eigenvalue weighted by Crippen LogP contribution is 2.13. The van der Waals surface area contributed by atoms with Gasteiger partial charge in [-0.1, -0.05) is 6.07 Å². The number of amides is 1. The van der Waals surface area contributed by atoms with E-state index < -0.39 is 5.97 Å². The van der Waals surface area contributed by atoms with Gasteiger partial charge >= 0.3 is 5.97 Å². The van der Waals surface area contributed by atoms with E-state index in [0.29, 0.717) is 16.9 Å². The van der Waals surface area contributed by atoms with Crippen molar-refractivity contribution in [2.45, 2.75) is 0 Å². The summed E-state index contributed by atoms with van der Waals surface area (Å²) in [4.78, 5) is 23.0. The van der Waals surface area contributed by atoms with Crippen LogP contribution in [0.15, 0.2) is 48.9 Å². The molecule has 0 aliphatic rings. The summed E-state index contributed by atoms with van der Waals surface area (Å²) in [5, 5.41) is 19.2. The number of hydrogen-bond donors (Lipinski definition) is 2. The van der Waals surface area contributed by atoms with Gasteiger partial charge in [-0.3, -0.25) is 9.20 Å². The average molecular weight is 282 g/mol. The van der Waals surface area contributed by atoms with Crippen LogP contribution in [0.2, 0.25) is 0 Å². The smallest absolute Gasteiger partial charge is 0.335 e. The molecule has 104 valence electrons. The second-order valence-corrected chi connectivity index (χ2v) is 4.35. The number of benzene rings is 1. The Morgan fingerprint density at radius 1 is 1.14 bits per heavy atom. The van der Waals surface area contributed by atoms with Crippen molar-refractivity contribution in [1.29, 1.82) is 0 Å². The minimum absolute atomic E-state index is 0.113. The van der Waals surface area contributed by atoms with Crippen molar-refractivity contribution in [2.24, 2.45) is 0 Å². The predicted molar refractivity (Wildman–Crippen MR) is 74.3 cm³/mol. The maximum atomic E-state index is 12.1. The van der Waals surface area contributed by atoms with Crippen LogP contribution in [-0.2, 0) is 0 Å². The van der Waals surface area contributed by atoms with E-state index in [4.69, 9.17) is 5.11 Å². The molecule has 3 aromatic rings. The fourth-order valence-electron chi connectivity index (χ4n) is 1.90. The topological polar surface area (TPSA) is 96.6 Å². The summed E-state index contributed by atoms with van der Waals surface area (Å²) < 4.78 is 1.63. The molecule has 0 spiro atoms. The monoisotopic (exact) mass is 282 g/mol. The number of carboxylic acid groups (broad SMARTS) is 1. The predicted octanol–water partition coefficient (Wildman–Crippen LogP) is 1.68. The average Bonchev–Trinajstić information content (AvgIpc) is 2.94. The Labute approximate surface area is 118 Å². The maximum absolute atomic E-state index is 12.1. The molecular formula is C14H10N4O3. The van der Waals surface area contributed by atoms with Gasteiger partial charge in [-0.15, -0.1) is 10.2 Å². The molecule has 0 saturated carbocycles. The zero-order valence-electron chi connectivity index (χ0n) is 10.7. The van der Waals surface area contributed by atoms with Crippen LogP contribution in [0.3, 0.4) is 0 Å². The van der Waals surface area contributed by atoms with Crippen LogP contribution in [0.1, 0.15) is 20.7 Å². The van der Waals surface area contributed by atoms with Crippen molar-refractivity contribution in [1.82, 2.24) is 14.6 Å². The molecule has 0 aliphatic heterocycles. The summed E-state index contributed by atoms with van der Waals surface area (Å²) in [6, 6.07) is 9.36. The quantitative estimate of drug-likeness (QED) is 0.761. The van der Waals surface area contributed by atoms with E-state index in [-0.39, 0.29) is 11.5 Å². The normalized spacial score (nSPS) is 10.5. The minimum Gasteiger partial charge on any atom is -0.478 e. The number of aromatic nitrogens is 3. The molecule has 0 bridgehead atoms. The first-order valence-electron chi connectivity index (χ1n) is 6.07. The van der Waals surface area contributed by atoms with Crippen LogP contribution in [0.5, 0.6) is 0 Å². The largest absolute Gasteiger partial charge is 0.478 e. The third-order valence-corrected chi connectivity index (χ3v) is 2.92. The second kappa shape index (κ2) is 5.04. The first kappa shape index (κ1) is 12.8. The highest BCUT2D eigenvalue weighted by atomic mass is 16.4. The SMILES string of the molecule is O=C(O)c1cccc(NC(=O)c2ccc3nncn3c2)c1. The Hall–Kier alpha value is -3.22. The number of pyridine rings is 1. The van der Waals surface area contributed by atoms with Gasteiger partial charge in [0.2, 0.25) is 0 Å². The van der Waals surface area contributed by atoms with Crippen molar-refractivity contribution < 1.29 is 14.7 Å². The van der Waals surface area contributed by atoms with Crippen LogP contribution in [0.25, 0.3) is 5.65 Å². The zero-order chi connectivity index (χ0) is 14.8. The van der Waals surface area contributed by atoms with Gasteiger partial charge in [-0.2, -0.15) is 0 Å². The van der Waals surface area contributed by atoms with E-state index in [9.17, 15) is 9.59 Å². The first-order chi connectivity index (χ1) is 10.1. The number of carbonyl (C=O) groups excluding carboxylic acids is 1. The molecule has 0 saturated heterocycles. The van der Waals surface area contributed by atoms with E-state index in [1.54, 1.807) is 34.9 Å². The number of nitrogens with one attached hydrogen (secondary N) is 1. The summed E-state index contributed by atoms with van der Waals surface area (Å²) >= 11 is 0. The Balaban J connectivity index is 1.85. The molecule has 2 N–H and O–H groups in total. The van der Waals surface area contributed by atoms with E-state index in [2.05, 4.69) is 15.5 Å². The van der Waals surface area contributed by atoms with Crippen LogP contribution >= 0.6 is 0 Å². The summed E-state index contributed by atoms with van der Waals surface area (Å²) in [6.07, 6.45) is 3.10. The fourth-order valence-corrected chi connectivity index (χ4v) is 1.90. The molecule has 2 heterocycles. The van der Waals surface area contributed by atoms with Crippen molar-refractivity contribution in [2.75, 3.05) is 5.32 Å². The number of fused-ring (bicyclic) bond motifs is 1. The van der Waals surface area contributed by atoms with Gasteiger partial charge in [-0.05, 0) is 30.3 Å². The second-order valence-electron chi connectivity index (χ2n) is 4.35. The van der Waals surface area contributed by atoms with Crippen LogP contribution in [0.4, 0.5) is 5.69 Å². The number of nitrogens with zero attached hydrogens (tertiary/aromatic N) is 3. The first-order valence-corrected chi connectivity index (χ1v) is 6.07. The Bertz CT molecular complexity index is 841. The van der Waals surface area contributed by atoms with Gasteiger partial charge in [0.05, 0.1) is 11.1 Å². The maximum Gasteiger partial charge on any atom is 0.335 e. The molecule has 0 radical (unpaired) electrons. The molecular weight excluding hydrogens is 272 g/mol. The van der Waals surface area contributed by atoms with E-state index >= 15 is 0 Å². The molecule has 0 atom stereocenters. The van der Waals surface area contributed by atoms with Gasteiger partial charge in [0.15, 0.2) is 5.65 Å². The van der Waals surface area contributed by atoms with E-state index in [0.717, 1.165) is 0 Å². The molecule has 2 aromatic heterocycles. The summed E-state index contributed by atoms with van der Waals surface area (Å²) in [5.41, 5.74) is 1.59. The Morgan fingerprint density at radius 2 is 2.00 bits per heavy atom. The lowest BCUT2D eigenvalue weighted by atomic mass is 10.2. The molecule has 0 unspecified atom stereocenters. The third kappa shape index (κ3) is 2.57. The zero-order valence-corrected chi connectivity index (χ0v) is 10.7. The van der Waals surface area contributed by atoms with Crippen LogP contribution in [0, 0.1) is 0 Å². The fraction of sp³-hybridized carbons (Fsp3) is 0. The summed E-state index contributed by atoms with van der Waals surface area (Å²) in [6.45, 7) is 0. The molecule has 7 heteroatoms.